The number of amides is 1. The van der Waals surface area contributed by atoms with E-state index in [4.69, 9.17) is 4.74 Å². The van der Waals surface area contributed by atoms with Crippen molar-refractivity contribution in [1.82, 2.24) is 5.43 Å². The molecule has 0 fully saturated rings. The highest BCUT2D eigenvalue weighted by Crippen LogP contribution is 2.34. The number of nitro benzene ring substituents is 1. The molecule has 0 aliphatic rings. The Hall–Kier alpha value is -3.97. The minimum absolute atomic E-state index is 0.0595. The molecule has 0 radical (unpaired) electrons. The fraction of sp³-hybridized carbons (Fsp3) is 0.0909. The number of carbonyl (C=O) groups is 1. The van der Waals surface area contributed by atoms with Gasteiger partial charge in [0.2, 0.25) is 0 Å². The summed E-state index contributed by atoms with van der Waals surface area (Å²) < 4.78 is 32.7. The number of carbonyl (C=O) groups excluding carboxylic acids is 1. The first kappa shape index (κ1) is 25.6. The van der Waals surface area contributed by atoms with Crippen molar-refractivity contribution in [2.75, 3.05) is 18.0 Å². The van der Waals surface area contributed by atoms with Gasteiger partial charge in [0.05, 0.1) is 33.3 Å². The van der Waals surface area contributed by atoms with E-state index in [1.54, 1.807) is 6.07 Å². The Morgan fingerprint density at radius 3 is 2.46 bits per heavy atom. The van der Waals surface area contributed by atoms with E-state index in [-0.39, 0.29) is 27.8 Å². The highest BCUT2D eigenvalue weighted by Gasteiger charge is 2.27. The Labute approximate surface area is 209 Å². The second kappa shape index (κ2) is 11.0. The number of phenolic OH excluding ortho intramolecular Hbond substituents is 1. The Morgan fingerprint density at radius 2 is 1.86 bits per heavy atom. The molecule has 0 spiro atoms. The maximum atomic E-state index is 13.3. The topological polar surface area (TPSA) is 151 Å². The summed E-state index contributed by atoms with van der Waals surface area (Å²) in [6, 6.07) is 15.3. The lowest BCUT2D eigenvalue weighted by Crippen LogP contribution is -2.39. The van der Waals surface area contributed by atoms with Gasteiger partial charge in [0.15, 0.2) is 11.5 Å². The molecule has 0 unspecified atom stereocenters. The number of nitro groups is 1. The van der Waals surface area contributed by atoms with E-state index >= 15 is 0 Å². The molecule has 0 saturated carbocycles. The van der Waals surface area contributed by atoms with Crippen molar-refractivity contribution in [2.45, 2.75) is 4.90 Å². The molecule has 0 saturated heterocycles. The first-order valence-corrected chi connectivity index (χ1v) is 12.1. The maximum absolute atomic E-state index is 13.3. The van der Waals surface area contributed by atoms with E-state index < -0.39 is 27.4 Å². The van der Waals surface area contributed by atoms with Gasteiger partial charge >= 0.3 is 0 Å². The summed E-state index contributed by atoms with van der Waals surface area (Å²) in [5.41, 5.74) is 2.57. The molecule has 3 aromatic rings. The van der Waals surface area contributed by atoms with Crippen LogP contribution in [0.4, 0.5) is 11.4 Å². The summed E-state index contributed by atoms with van der Waals surface area (Å²) in [6.07, 6.45) is 1.28. The predicted octanol–water partition coefficient (Wildman–Crippen LogP) is 3.42. The summed E-state index contributed by atoms with van der Waals surface area (Å²) in [4.78, 5) is 22.9. The second-order valence-corrected chi connectivity index (χ2v) is 9.66. The van der Waals surface area contributed by atoms with E-state index in [0.717, 1.165) is 16.4 Å². The van der Waals surface area contributed by atoms with Crippen LogP contribution in [0.1, 0.15) is 5.56 Å². The molecule has 35 heavy (non-hydrogen) atoms. The van der Waals surface area contributed by atoms with Gasteiger partial charge in [-0.05, 0) is 57.9 Å². The Bertz CT molecular complexity index is 1360. The number of nitrogens with zero attached hydrogens (tertiary/aromatic N) is 3. The third kappa shape index (κ3) is 6.13. The Balaban J connectivity index is 1.85. The number of aromatic hydroxyl groups is 1. The normalized spacial score (nSPS) is 11.3. The fourth-order valence-electron chi connectivity index (χ4n) is 2.94. The molecule has 1 amide bonds. The maximum Gasteiger partial charge on any atom is 0.269 e. The summed E-state index contributed by atoms with van der Waals surface area (Å²) in [7, 11) is -2.80. The average molecular weight is 563 g/mol. The van der Waals surface area contributed by atoms with Crippen molar-refractivity contribution >= 4 is 49.4 Å². The van der Waals surface area contributed by atoms with Gasteiger partial charge in [-0.3, -0.25) is 19.2 Å². The molecule has 3 rings (SSSR count). The van der Waals surface area contributed by atoms with Crippen LogP contribution in [0.15, 0.2) is 81.2 Å². The monoisotopic (exact) mass is 562 g/mol. The first-order chi connectivity index (χ1) is 16.6. The second-order valence-electron chi connectivity index (χ2n) is 6.95. The summed E-state index contributed by atoms with van der Waals surface area (Å²) >= 11 is 3.18. The number of rotatable bonds is 9. The number of ether oxygens (including phenoxy) is 1. The van der Waals surface area contributed by atoms with Crippen molar-refractivity contribution < 1.29 is 28.0 Å². The number of hydrogen-bond acceptors (Lipinski definition) is 8. The average Bonchev–Trinajstić information content (AvgIpc) is 2.85. The number of sulfonamides is 1. The van der Waals surface area contributed by atoms with Gasteiger partial charge < -0.3 is 9.84 Å². The number of phenols is 1. The molecule has 0 heterocycles. The lowest BCUT2D eigenvalue weighted by atomic mass is 10.2. The number of nitrogens with one attached hydrogen (secondary N) is 1. The fourth-order valence-corrected chi connectivity index (χ4v) is 4.85. The molecular formula is C22H19BrN4O7S. The summed E-state index contributed by atoms with van der Waals surface area (Å²) in [5, 5.41) is 24.7. The van der Waals surface area contributed by atoms with Crippen LogP contribution < -0.4 is 14.5 Å². The van der Waals surface area contributed by atoms with Crippen LogP contribution in [0, 0.1) is 10.1 Å². The quantitative estimate of drug-likeness (QED) is 0.230. The van der Waals surface area contributed by atoms with E-state index in [1.807, 2.05) is 0 Å². The number of benzene rings is 3. The standard InChI is InChI=1S/C22H19BrN4O7S/c1-34-20-12-15(11-19(23)22(20)29)13-24-25-21(28)14-26(16-7-9-17(10-8-16)27(30)31)35(32,33)18-5-3-2-4-6-18/h2-13,29H,14H2,1H3,(H,25,28)/b24-13-. The van der Waals surface area contributed by atoms with Crippen LogP contribution in [0.3, 0.4) is 0 Å². The minimum atomic E-state index is -4.18. The largest absolute Gasteiger partial charge is 0.503 e. The molecule has 11 nitrogen and oxygen atoms in total. The van der Waals surface area contributed by atoms with Gasteiger partial charge in [0, 0.05) is 12.1 Å². The van der Waals surface area contributed by atoms with Crippen LogP contribution in [-0.4, -0.2) is 44.2 Å². The van der Waals surface area contributed by atoms with Crippen LogP contribution in [-0.2, 0) is 14.8 Å². The molecule has 3 aromatic carbocycles. The molecule has 0 aliphatic carbocycles. The van der Waals surface area contributed by atoms with E-state index in [0.29, 0.717) is 10.0 Å². The zero-order chi connectivity index (χ0) is 25.6. The van der Waals surface area contributed by atoms with Crippen LogP contribution >= 0.6 is 15.9 Å². The van der Waals surface area contributed by atoms with Gasteiger partial charge in [0.1, 0.15) is 6.54 Å². The van der Waals surface area contributed by atoms with Crippen LogP contribution in [0.2, 0.25) is 0 Å². The molecule has 0 atom stereocenters. The number of methoxy groups -OCH3 is 1. The molecule has 13 heteroatoms. The first-order valence-electron chi connectivity index (χ1n) is 9.84. The highest BCUT2D eigenvalue weighted by atomic mass is 79.9. The molecule has 0 aliphatic heterocycles. The number of non-ortho nitro benzene ring substituents is 1. The highest BCUT2D eigenvalue weighted by molar-refractivity contribution is 9.10. The summed E-state index contributed by atoms with van der Waals surface area (Å²) in [6.45, 7) is -0.644. The van der Waals surface area contributed by atoms with Crippen molar-refractivity contribution in [3.63, 3.8) is 0 Å². The molecule has 0 bridgehead atoms. The number of hydrogen-bond donors (Lipinski definition) is 2. The Kier molecular flexibility index (Phi) is 8.04. The van der Waals surface area contributed by atoms with Crippen molar-refractivity contribution in [2.24, 2.45) is 5.10 Å². The van der Waals surface area contributed by atoms with Gasteiger partial charge in [-0.1, -0.05) is 18.2 Å². The van der Waals surface area contributed by atoms with Crippen LogP contribution in [0.25, 0.3) is 0 Å². The predicted molar refractivity (Wildman–Crippen MR) is 132 cm³/mol. The Morgan fingerprint density at radius 1 is 1.20 bits per heavy atom. The summed E-state index contributed by atoms with van der Waals surface area (Å²) in [5.74, 6) is -0.673. The van der Waals surface area contributed by atoms with E-state index in [1.165, 1.54) is 61.9 Å². The van der Waals surface area contributed by atoms with Crippen molar-refractivity contribution in [1.29, 1.82) is 0 Å². The van der Waals surface area contributed by atoms with Gasteiger partial charge in [-0.15, -0.1) is 0 Å². The minimum Gasteiger partial charge on any atom is -0.503 e. The zero-order valence-electron chi connectivity index (χ0n) is 18.2. The van der Waals surface area contributed by atoms with E-state index in [9.17, 15) is 28.4 Å². The number of anilines is 1. The molecule has 182 valence electrons. The van der Waals surface area contributed by atoms with Gasteiger partial charge in [-0.25, -0.2) is 13.8 Å². The number of hydrazone groups is 1. The smallest absolute Gasteiger partial charge is 0.269 e. The zero-order valence-corrected chi connectivity index (χ0v) is 20.6. The van der Waals surface area contributed by atoms with Crippen LogP contribution in [0.5, 0.6) is 11.5 Å². The molecule has 2 N–H and O–H groups in total. The van der Waals surface area contributed by atoms with Crippen molar-refractivity contribution in [3.8, 4) is 11.5 Å². The lowest BCUT2D eigenvalue weighted by molar-refractivity contribution is -0.384. The van der Waals surface area contributed by atoms with Gasteiger partial charge in [0.25, 0.3) is 21.6 Å². The molecule has 0 aromatic heterocycles. The lowest BCUT2D eigenvalue weighted by Gasteiger charge is -2.23. The van der Waals surface area contributed by atoms with E-state index in [2.05, 4.69) is 26.5 Å². The molecular weight excluding hydrogens is 544 g/mol. The third-order valence-corrected chi connectivity index (χ3v) is 7.03. The van der Waals surface area contributed by atoms with Crippen molar-refractivity contribution in [3.05, 3.63) is 86.9 Å². The third-order valence-electron chi connectivity index (χ3n) is 4.64. The van der Waals surface area contributed by atoms with Gasteiger partial charge in [-0.2, -0.15) is 5.10 Å². The number of halogens is 1. The SMILES string of the molecule is COc1cc(/C=N\NC(=O)CN(c2ccc([N+](=O)[O-])cc2)S(=O)(=O)c2ccccc2)cc(Br)c1O.